The summed E-state index contributed by atoms with van der Waals surface area (Å²) in [5.41, 5.74) is -0.994. The first-order chi connectivity index (χ1) is 18.0. The highest BCUT2D eigenvalue weighted by Crippen LogP contribution is 2.40. The summed E-state index contributed by atoms with van der Waals surface area (Å²) in [6, 6.07) is 0.107. The minimum atomic E-state index is -0.706. The van der Waals surface area contributed by atoms with Gasteiger partial charge >= 0.3 is 12.1 Å². The van der Waals surface area contributed by atoms with Gasteiger partial charge in [0.1, 0.15) is 23.5 Å². The maximum Gasteiger partial charge on any atom is 0.410 e. The second kappa shape index (κ2) is 10.3. The molecular formula is C27H38ClFN6O3. The molecule has 11 heteroatoms. The molecule has 2 aromatic rings. The number of carbonyl (C=O) groups excluding carboxylic acids is 1. The fourth-order valence-electron chi connectivity index (χ4n) is 6.31. The van der Waals surface area contributed by atoms with E-state index in [1.807, 2.05) is 20.8 Å². The number of halogens is 2. The third kappa shape index (κ3) is 5.21. The van der Waals surface area contributed by atoms with E-state index < -0.39 is 17.0 Å². The standard InChI is InChI=1S/C27H38ClFN6O3/c1-25(2,3)38-24(36)34(4)26(9-5-6-10-26)16-31-22-18-15-30-21(28)19(29)20(18)32-23(33-22)37-17-27-11-7-13-35(27)14-8-12-27/h15H,5-14,16-17H2,1-4H3,(H,31,32,33). The first kappa shape index (κ1) is 27.1. The van der Waals surface area contributed by atoms with Crippen LogP contribution in [0.4, 0.5) is 15.0 Å². The number of amides is 1. The lowest BCUT2D eigenvalue weighted by atomic mass is 9.95. The van der Waals surface area contributed by atoms with Crippen LogP contribution in [0.2, 0.25) is 5.15 Å². The molecule has 2 aromatic heterocycles. The lowest BCUT2D eigenvalue weighted by Crippen LogP contribution is -2.53. The van der Waals surface area contributed by atoms with Gasteiger partial charge in [-0.25, -0.2) is 14.2 Å². The van der Waals surface area contributed by atoms with Gasteiger partial charge < -0.3 is 19.7 Å². The molecule has 5 rings (SSSR count). The highest BCUT2D eigenvalue weighted by molar-refractivity contribution is 6.30. The van der Waals surface area contributed by atoms with Gasteiger partial charge in [-0.3, -0.25) is 4.90 Å². The second-order valence-electron chi connectivity index (χ2n) is 12.0. The van der Waals surface area contributed by atoms with Gasteiger partial charge in [0.25, 0.3) is 0 Å². The molecule has 3 fully saturated rings. The van der Waals surface area contributed by atoms with Gasteiger partial charge in [-0.2, -0.15) is 9.97 Å². The summed E-state index contributed by atoms with van der Waals surface area (Å²) in [7, 11) is 1.78. The highest BCUT2D eigenvalue weighted by Gasteiger charge is 2.45. The number of nitrogens with zero attached hydrogens (tertiary/aromatic N) is 5. The molecular weight excluding hydrogens is 511 g/mol. The van der Waals surface area contributed by atoms with Crippen molar-refractivity contribution in [3.8, 4) is 6.01 Å². The monoisotopic (exact) mass is 548 g/mol. The Morgan fingerprint density at radius 3 is 2.50 bits per heavy atom. The average molecular weight is 549 g/mol. The number of aromatic nitrogens is 3. The van der Waals surface area contributed by atoms with Crippen molar-refractivity contribution in [3.05, 3.63) is 17.2 Å². The van der Waals surface area contributed by atoms with Crippen molar-refractivity contribution >= 4 is 34.4 Å². The number of carbonyl (C=O) groups is 1. The fraction of sp³-hybridized carbons (Fsp3) is 0.704. The van der Waals surface area contributed by atoms with Gasteiger partial charge in [0.2, 0.25) is 0 Å². The largest absolute Gasteiger partial charge is 0.461 e. The Hall–Kier alpha value is -2.46. The van der Waals surface area contributed by atoms with Crippen LogP contribution in [0.5, 0.6) is 6.01 Å². The summed E-state index contributed by atoms with van der Waals surface area (Å²) in [4.78, 5) is 30.2. The number of hydrogen-bond donors (Lipinski definition) is 1. The normalized spacial score (nSPS) is 20.5. The zero-order valence-electron chi connectivity index (χ0n) is 22.8. The predicted molar refractivity (Wildman–Crippen MR) is 144 cm³/mol. The van der Waals surface area contributed by atoms with Crippen molar-refractivity contribution in [3.63, 3.8) is 0 Å². The van der Waals surface area contributed by atoms with Crippen molar-refractivity contribution in [1.82, 2.24) is 24.8 Å². The summed E-state index contributed by atoms with van der Waals surface area (Å²) in [6.07, 6.45) is 9.20. The van der Waals surface area contributed by atoms with E-state index in [1.54, 1.807) is 11.9 Å². The lowest BCUT2D eigenvalue weighted by molar-refractivity contribution is 0.00813. The molecule has 1 amide bonds. The maximum atomic E-state index is 15.1. The summed E-state index contributed by atoms with van der Waals surface area (Å²) in [5.74, 6) is -0.299. The molecule has 1 aliphatic carbocycles. The van der Waals surface area contributed by atoms with Crippen LogP contribution in [-0.4, -0.2) is 80.8 Å². The van der Waals surface area contributed by atoms with Crippen molar-refractivity contribution in [2.24, 2.45) is 0 Å². The summed E-state index contributed by atoms with van der Waals surface area (Å²) < 4.78 is 26.9. The molecule has 0 radical (unpaired) electrons. The van der Waals surface area contributed by atoms with Crippen LogP contribution in [0.25, 0.3) is 10.9 Å². The molecule has 2 aliphatic heterocycles. The number of fused-ring (bicyclic) bond motifs is 2. The van der Waals surface area contributed by atoms with Crippen LogP contribution in [0, 0.1) is 5.82 Å². The molecule has 0 bridgehead atoms. The number of likely N-dealkylation sites (N-methyl/N-ethyl adjacent to an activating group) is 1. The number of ether oxygens (including phenoxy) is 2. The second-order valence-corrected chi connectivity index (χ2v) is 12.4. The molecule has 0 aromatic carbocycles. The Kier molecular flexibility index (Phi) is 7.32. The van der Waals surface area contributed by atoms with Gasteiger partial charge in [0.15, 0.2) is 11.0 Å². The Morgan fingerprint density at radius 2 is 1.84 bits per heavy atom. The van der Waals surface area contributed by atoms with Crippen molar-refractivity contribution < 1.29 is 18.7 Å². The Balaban J connectivity index is 1.41. The number of anilines is 1. The van der Waals surface area contributed by atoms with Crippen molar-refractivity contribution in [1.29, 1.82) is 0 Å². The molecule has 0 spiro atoms. The van der Waals surface area contributed by atoms with Crippen LogP contribution in [0.15, 0.2) is 6.20 Å². The first-order valence-electron chi connectivity index (χ1n) is 13.6. The van der Waals surface area contributed by atoms with Gasteiger partial charge in [0, 0.05) is 19.8 Å². The topological polar surface area (TPSA) is 92.7 Å². The predicted octanol–water partition coefficient (Wildman–Crippen LogP) is 5.42. The zero-order chi connectivity index (χ0) is 27.1. The van der Waals surface area contributed by atoms with E-state index in [2.05, 4.69) is 25.2 Å². The number of hydrogen-bond acceptors (Lipinski definition) is 8. The van der Waals surface area contributed by atoms with E-state index in [-0.39, 0.29) is 28.3 Å². The Labute approximate surface area is 228 Å². The summed E-state index contributed by atoms with van der Waals surface area (Å²) in [5, 5.41) is 3.55. The quantitative estimate of drug-likeness (QED) is 0.459. The maximum absolute atomic E-state index is 15.1. The summed E-state index contributed by atoms with van der Waals surface area (Å²) in [6.45, 7) is 8.61. The highest BCUT2D eigenvalue weighted by atomic mass is 35.5. The molecule has 208 valence electrons. The number of nitrogens with one attached hydrogen (secondary N) is 1. The van der Waals surface area contributed by atoms with Crippen LogP contribution in [-0.2, 0) is 4.74 Å². The van der Waals surface area contributed by atoms with Gasteiger partial charge in [-0.15, -0.1) is 0 Å². The molecule has 1 saturated carbocycles. The molecule has 2 saturated heterocycles. The zero-order valence-corrected chi connectivity index (χ0v) is 23.5. The Bertz CT molecular complexity index is 1190. The molecule has 0 unspecified atom stereocenters. The smallest absolute Gasteiger partial charge is 0.410 e. The van der Waals surface area contributed by atoms with E-state index in [0.29, 0.717) is 24.4 Å². The third-order valence-electron chi connectivity index (χ3n) is 8.40. The molecule has 4 heterocycles. The number of rotatable bonds is 7. The van der Waals surface area contributed by atoms with Crippen molar-refractivity contribution in [2.45, 2.75) is 88.8 Å². The van der Waals surface area contributed by atoms with Crippen LogP contribution in [0.3, 0.4) is 0 Å². The van der Waals surface area contributed by atoms with Gasteiger partial charge in [-0.05, 0) is 72.4 Å². The minimum Gasteiger partial charge on any atom is -0.461 e. The number of pyridine rings is 1. The van der Waals surface area contributed by atoms with Crippen LogP contribution < -0.4 is 10.1 Å². The summed E-state index contributed by atoms with van der Waals surface area (Å²) >= 11 is 6.00. The van der Waals surface area contributed by atoms with E-state index in [1.165, 1.54) is 6.20 Å². The van der Waals surface area contributed by atoms with E-state index >= 15 is 4.39 Å². The van der Waals surface area contributed by atoms with Crippen LogP contribution >= 0.6 is 11.6 Å². The third-order valence-corrected chi connectivity index (χ3v) is 8.66. The minimum absolute atomic E-state index is 0.00434. The van der Waals surface area contributed by atoms with Crippen molar-refractivity contribution in [2.75, 3.05) is 38.6 Å². The molecule has 1 N–H and O–H groups in total. The average Bonchev–Trinajstić information content (AvgIpc) is 3.59. The first-order valence-corrected chi connectivity index (χ1v) is 14.0. The molecule has 38 heavy (non-hydrogen) atoms. The lowest BCUT2D eigenvalue weighted by Gasteiger charge is -2.39. The molecule has 0 atom stereocenters. The molecule has 9 nitrogen and oxygen atoms in total. The van der Waals surface area contributed by atoms with E-state index in [9.17, 15) is 4.79 Å². The van der Waals surface area contributed by atoms with Gasteiger partial charge in [-0.1, -0.05) is 24.4 Å². The SMILES string of the molecule is CN(C(=O)OC(C)(C)C)C1(CNc2nc(OCC34CCCN3CCC4)nc3c(F)c(Cl)ncc23)CCCC1. The van der Waals surface area contributed by atoms with E-state index in [4.69, 9.17) is 21.1 Å². The van der Waals surface area contributed by atoms with E-state index in [0.717, 1.165) is 64.5 Å². The van der Waals surface area contributed by atoms with Gasteiger partial charge in [0.05, 0.1) is 16.5 Å². The fourth-order valence-corrected chi connectivity index (χ4v) is 6.45. The molecule has 3 aliphatic rings. The van der Waals surface area contributed by atoms with Crippen LogP contribution in [0.1, 0.15) is 72.1 Å². The Morgan fingerprint density at radius 1 is 1.16 bits per heavy atom.